The summed E-state index contributed by atoms with van der Waals surface area (Å²) in [7, 11) is 5.78. The first kappa shape index (κ1) is 21.1. The second-order valence-corrected chi connectivity index (χ2v) is 11.5. The highest BCUT2D eigenvalue weighted by Crippen LogP contribution is 2.49. The maximum atomic E-state index is 11.4. The summed E-state index contributed by atoms with van der Waals surface area (Å²) in [4.78, 5) is 11.4. The van der Waals surface area contributed by atoms with Gasteiger partial charge in [-0.3, -0.25) is 4.79 Å². The van der Waals surface area contributed by atoms with Crippen LogP contribution in [0.1, 0.15) is 68.7 Å². The van der Waals surface area contributed by atoms with Crippen LogP contribution in [-0.4, -0.2) is 33.5 Å². The van der Waals surface area contributed by atoms with Gasteiger partial charge in [0, 0.05) is 27.5 Å². The molecule has 2 N–H and O–H groups in total. The van der Waals surface area contributed by atoms with Crippen LogP contribution in [0.5, 0.6) is 0 Å². The molecule has 0 saturated heterocycles. The molecule has 0 aromatic carbocycles. The van der Waals surface area contributed by atoms with Crippen molar-refractivity contribution in [3.05, 3.63) is 0 Å². The van der Waals surface area contributed by atoms with Gasteiger partial charge in [-0.15, -0.1) is 0 Å². The summed E-state index contributed by atoms with van der Waals surface area (Å²) < 4.78 is 0.0884. The lowest BCUT2D eigenvalue weighted by Gasteiger charge is -2.43. The molecule has 0 aromatic heterocycles. The molecule has 0 aromatic rings. The van der Waals surface area contributed by atoms with E-state index < -0.39 is 0 Å². The van der Waals surface area contributed by atoms with Gasteiger partial charge in [0.25, 0.3) is 0 Å². The van der Waals surface area contributed by atoms with Gasteiger partial charge in [-0.1, -0.05) is 21.6 Å². The van der Waals surface area contributed by atoms with Crippen LogP contribution in [0.2, 0.25) is 0 Å². The smallest absolute Gasteiger partial charge is 0.217 e. The topological polar surface area (TPSA) is 41.1 Å². The van der Waals surface area contributed by atoms with E-state index in [0.29, 0.717) is 0 Å². The van der Waals surface area contributed by atoms with E-state index in [9.17, 15) is 4.79 Å². The standard InChI is InChI=1S/C16H34N2OS2/c1-12(19)18-15(6,7)16(8,9)21-20-14(4,5)11-13(2,3)17-10/h17H,11H2,1-10H3,(H,18,19). The molecule has 0 fully saturated rings. The molecule has 1 amide bonds. The predicted molar refractivity (Wildman–Crippen MR) is 99.0 cm³/mol. The van der Waals surface area contributed by atoms with Gasteiger partial charge < -0.3 is 10.6 Å². The molecule has 0 saturated carbocycles. The van der Waals surface area contributed by atoms with E-state index in [0.717, 1.165) is 6.42 Å². The van der Waals surface area contributed by atoms with Crippen LogP contribution >= 0.6 is 21.6 Å². The van der Waals surface area contributed by atoms with Crippen molar-refractivity contribution < 1.29 is 4.79 Å². The fraction of sp³-hybridized carbons (Fsp3) is 0.938. The lowest BCUT2D eigenvalue weighted by atomic mass is 9.89. The molecule has 0 aliphatic heterocycles. The van der Waals surface area contributed by atoms with E-state index in [1.807, 2.05) is 28.6 Å². The average molecular weight is 335 g/mol. The van der Waals surface area contributed by atoms with Crippen LogP contribution in [-0.2, 0) is 4.79 Å². The van der Waals surface area contributed by atoms with Gasteiger partial charge in [-0.25, -0.2) is 0 Å². The molecule has 0 bridgehead atoms. The zero-order valence-electron chi connectivity index (χ0n) is 15.4. The SMILES string of the molecule is CNC(C)(C)CC(C)(C)SSC(C)(C)C(C)(C)NC(C)=O. The largest absolute Gasteiger partial charge is 0.350 e. The van der Waals surface area contributed by atoms with Crippen molar-refractivity contribution in [2.75, 3.05) is 7.05 Å². The van der Waals surface area contributed by atoms with Crippen LogP contribution in [0.4, 0.5) is 0 Å². The Morgan fingerprint density at radius 3 is 1.81 bits per heavy atom. The Labute approximate surface area is 139 Å². The minimum absolute atomic E-state index is 0.0225. The van der Waals surface area contributed by atoms with Gasteiger partial charge in [-0.05, 0) is 68.9 Å². The van der Waals surface area contributed by atoms with Crippen LogP contribution in [0.15, 0.2) is 0 Å². The quantitative estimate of drug-likeness (QED) is 0.652. The Balaban J connectivity index is 4.78. The van der Waals surface area contributed by atoms with E-state index in [4.69, 9.17) is 0 Å². The van der Waals surface area contributed by atoms with E-state index >= 15 is 0 Å². The van der Waals surface area contributed by atoms with Gasteiger partial charge in [0.2, 0.25) is 5.91 Å². The van der Waals surface area contributed by atoms with Crippen molar-refractivity contribution in [1.29, 1.82) is 0 Å². The lowest BCUT2D eigenvalue weighted by molar-refractivity contribution is -0.120. The molecule has 0 spiro atoms. The van der Waals surface area contributed by atoms with Crippen LogP contribution < -0.4 is 10.6 Å². The Hall–Kier alpha value is 0.130. The molecule has 3 nitrogen and oxygen atoms in total. The van der Waals surface area contributed by atoms with Gasteiger partial charge in [0.15, 0.2) is 0 Å². The Morgan fingerprint density at radius 1 is 0.952 bits per heavy atom. The van der Waals surface area contributed by atoms with E-state index in [1.165, 1.54) is 0 Å². The number of carbonyl (C=O) groups excluding carboxylic acids is 1. The van der Waals surface area contributed by atoms with Gasteiger partial charge in [-0.2, -0.15) is 0 Å². The number of rotatable bonds is 8. The monoisotopic (exact) mass is 334 g/mol. The third-order valence-electron chi connectivity index (χ3n) is 4.01. The maximum absolute atomic E-state index is 11.4. The number of nitrogens with one attached hydrogen (secondary N) is 2. The summed E-state index contributed by atoms with van der Waals surface area (Å²) in [5, 5.41) is 6.44. The van der Waals surface area contributed by atoms with Crippen molar-refractivity contribution in [3.63, 3.8) is 0 Å². The molecule has 126 valence electrons. The van der Waals surface area contributed by atoms with Crippen molar-refractivity contribution >= 4 is 27.5 Å². The molecule has 0 aliphatic rings. The first-order chi connectivity index (χ1) is 9.14. The van der Waals surface area contributed by atoms with Crippen LogP contribution in [0.3, 0.4) is 0 Å². The average Bonchev–Trinajstić information content (AvgIpc) is 2.23. The molecule has 5 heteroatoms. The molecule has 0 radical (unpaired) electrons. The highest BCUT2D eigenvalue weighted by molar-refractivity contribution is 8.77. The molecule has 0 atom stereocenters. The highest BCUT2D eigenvalue weighted by Gasteiger charge is 2.40. The van der Waals surface area contributed by atoms with Crippen molar-refractivity contribution in [2.45, 2.75) is 89.3 Å². The van der Waals surface area contributed by atoms with Crippen molar-refractivity contribution in [3.8, 4) is 0 Å². The van der Waals surface area contributed by atoms with Crippen molar-refractivity contribution in [1.82, 2.24) is 10.6 Å². The minimum atomic E-state index is -0.259. The molecular weight excluding hydrogens is 300 g/mol. The summed E-state index contributed by atoms with van der Waals surface area (Å²) in [6.07, 6.45) is 1.07. The van der Waals surface area contributed by atoms with Gasteiger partial charge in [0.1, 0.15) is 0 Å². The fourth-order valence-corrected chi connectivity index (χ4v) is 5.31. The first-order valence-electron chi connectivity index (χ1n) is 7.49. The number of hydrogen-bond donors (Lipinski definition) is 2. The Morgan fingerprint density at radius 2 is 1.43 bits per heavy atom. The molecule has 0 unspecified atom stereocenters. The number of carbonyl (C=O) groups is 1. The third-order valence-corrected chi connectivity index (χ3v) is 8.47. The zero-order valence-corrected chi connectivity index (χ0v) is 17.1. The van der Waals surface area contributed by atoms with Gasteiger partial charge in [0.05, 0.1) is 0 Å². The number of amides is 1. The fourth-order valence-electron chi connectivity index (χ4n) is 2.09. The molecule has 21 heavy (non-hydrogen) atoms. The summed E-state index contributed by atoms with van der Waals surface area (Å²) in [5.74, 6) is 0.0225. The predicted octanol–water partition coefficient (Wildman–Crippen LogP) is 4.23. The summed E-state index contributed by atoms with van der Waals surface area (Å²) in [6, 6.07) is 0. The minimum Gasteiger partial charge on any atom is -0.350 e. The van der Waals surface area contributed by atoms with E-state index in [2.05, 4.69) is 66.0 Å². The third kappa shape index (κ3) is 7.29. The summed E-state index contributed by atoms with van der Waals surface area (Å²) in [5.41, 5.74) is -0.139. The molecule has 0 aliphatic carbocycles. The van der Waals surface area contributed by atoms with E-state index in [1.54, 1.807) is 6.92 Å². The first-order valence-corrected chi connectivity index (χ1v) is 9.64. The summed E-state index contributed by atoms with van der Waals surface area (Å²) >= 11 is 0. The zero-order chi connectivity index (χ0) is 17.1. The van der Waals surface area contributed by atoms with Crippen molar-refractivity contribution in [2.24, 2.45) is 0 Å². The molecule has 0 rings (SSSR count). The Bertz CT molecular complexity index is 363. The molecule has 0 heterocycles. The maximum Gasteiger partial charge on any atom is 0.217 e. The van der Waals surface area contributed by atoms with Crippen LogP contribution in [0.25, 0.3) is 0 Å². The Kier molecular flexibility index (Phi) is 7.18. The lowest BCUT2D eigenvalue weighted by Crippen LogP contribution is -2.55. The normalized spacial score (nSPS) is 14.2. The van der Waals surface area contributed by atoms with Crippen LogP contribution in [0, 0.1) is 0 Å². The number of hydrogen-bond acceptors (Lipinski definition) is 4. The summed E-state index contributed by atoms with van der Waals surface area (Å²) in [6.45, 7) is 19.2. The van der Waals surface area contributed by atoms with Gasteiger partial charge >= 0.3 is 0 Å². The van der Waals surface area contributed by atoms with E-state index in [-0.39, 0.29) is 26.5 Å². The molecular formula is C16H34N2OS2. The second-order valence-electron chi connectivity index (χ2n) is 8.05. The second kappa shape index (κ2) is 7.14. The highest BCUT2D eigenvalue weighted by atomic mass is 33.1.